The number of nitrogens with one attached hydrogen (secondary N) is 1. The van der Waals surface area contributed by atoms with Crippen molar-refractivity contribution in [3.8, 4) is 17.3 Å². The molecular formula is C18H19N7O2S. The summed E-state index contributed by atoms with van der Waals surface area (Å²) in [5.41, 5.74) is 2.57. The van der Waals surface area contributed by atoms with Crippen molar-refractivity contribution in [2.24, 2.45) is 0 Å². The van der Waals surface area contributed by atoms with Crippen molar-refractivity contribution < 1.29 is 4.74 Å². The first-order valence-corrected chi connectivity index (χ1v) is 9.72. The van der Waals surface area contributed by atoms with Crippen LogP contribution in [0.3, 0.4) is 0 Å². The van der Waals surface area contributed by atoms with Gasteiger partial charge in [0.1, 0.15) is 5.65 Å². The summed E-state index contributed by atoms with van der Waals surface area (Å²) in [5, 5.41) is 16.8. The number of hydrogen-bond acceptors (Lipinski definition) is 8. The topological polar surface area (TPSA) is 111 Å². The molecule has 0 aliphatic carbocycles. The van der Waals surface area contributed by atoms with Crippen LogP contribution in [0.15, 0.2) is 28.5 Å². The van der Waals surface area contributed by atoms with E-state index < -0.39 is 0 Å². The molecule has 0 radical (unpaired) electrons. The SMILES string of the molecule is COc1nc2cc(CCc3nc(C(C)C)cs3)ccn2c(=O)c1-c1nn[nH]n1. The van der Waals surface area contributed by atoms with Crippen LogP contribution in [0.1, 0.15) is 36.0 Å². The average molecular weight is 397 g/mol. The Morgan fingerprint density at radius 1 is 1.29 bits per heavy atom. The van der Waals surface area contributed by atoms with Crippen LogP contribution in [0.4, 0.5) is 0 Å². The Hall–Kier alpha value is -3.14. The lowest BCUT2D eigenvalue weighted by Crippen LogP contribution is -2.19. The molecule has 0 aliphatic rings. The minimum absolute atomic E-state index is 0.151. The Balaban J connectivity index is 1.65. The third-order valence-electron chi connectivity index (χ3n) is 4.41. The van der Waals surface area contributed by atoms with Gasteiger partial charge in [-0.1, -0.05) is 13.8 Å². The van der Waals surface area contributed by atoms with Gasteiger partial charge in [-0.2, -0.15) is 10.2 Å². The van der Waals surface area contributed by atoms with Gasteiger partial charge in [0.2, 0.25) is 11.7 Å². The lowest BCUT2D eigenvalue weighted by Gasteiger charge is -2.08. The van der Waals surface area contributed by atoms with Crippen LogP contribution in [-0.4, -0.2) is 42.1 Å². The number of tetrazole rings is 1. The zero-order valence-corrected chi connectivity index (χ0v) is 16.5. The summed E-state index contributed by atoms with van der Waals surface area (Å²) in [6.07, 6.45) is 3.37. The number of methoxy groups -OCH3 is 1. The molecule has 0 atom stereocenters. The summed E-state index contributed by atoms with van der Waals surface area (Å²) in [5.74, 6) is 0.755. The van der Waals surface area contributed by atoms with Gasteiger partial charge in [-0.05, 0) is 35.2 Å². The number of aromatic nitrogens is 7. The highest BCUT2D eigenvalue weighted by molar-refractivity contribution is 7.09. The van der Waals surface area contributed by atoms with Gasteiger partial charge < -0.3 is 4.74 Å². The van der Waals surface area contributed by atoms with E-state index >= 15 is 0 Å². The molecule has 0 saturated heterocycles. The molecule has 0 bridgehead atoms. The van der Waals surface area contributed by atoms with E-state index in [0.717, 1.165) is 29.1 Å². The summed E-state index contributed by atoms with van der Waals surface area (Å²) in [6.45, 7) is 4.28. The first kappa shape index (κ1) is 18.2. The lowest BCUT2D eigenvalue weighted by molar-refractivity contribution is 0.399. The van der Waals surface area contributed by atoms with E-state index in [0.29, 0.717) is 11.6 Å². The fourth-order valence-electron chi connectivity index (χ4n) is 2.88. The van der Waals surface area contributed by atoms with E-state index in [2.05, 4.69) is 49.8 Å². The van der Waals surface area contributed by atoms with Gasteiger partial charge in [0, 0.05) is 18.0 Å². The van der Waals surface area contributed by atoms with Gasteiger partial charge in [-0.15, -0.1) is 21.5 Å². The molecule has 144 valence electrons. The van der Waals surface area contributed by atoms with Crippen molar-refractivity contribution in [2.75, 3.05) is 7.11 Å². The van der Waals surface area contributed by atoms with Gasteiger partial charge in [-0.25, -0.2) is 4.98 Å². The summed E-state index contributed by atoms with van der Waals surface area (Å²) < 4.78 is 6.75. The molecule has 0 saturated carbocycles. The highest BCUT2D eigenvalue weighted by atomic mass is 32.1. The highest BCUT2D eigenvalue weighted by Gasteiger charge is 2.19. The number of rotatable bonds is 6. The molecule has 0 amide bonds. The van der Waals surface area contributed by atoms with Crippen LogP contribution in [0.25, 0.3) is 17.0 Å². The van der Waals surface area contributed by atoms with Crippen LogP contribution < -0.4 is 10.3 Å². The minimum atomic E-state index is -0.309. The number of aromatic amines is 1. The van der Waals surface area contributed by atoms with Gasteiger partial charge in [0.05, 0.1) is 17.8 Å². The molecule has 4 aromatic heterocycles. The first-order chi connectivity index (χ1) is 13.6. The molecule has 4 aromatic rings. The molecule has 9 nitrogen and oxygen atoms in total. The molecule has 28 heavy (non-hydrogen) atoms. The van der Waals surface area contributed by atoms with Crippen molar-refractivity contribution in [2.45, 2.75) is 32.6 Å². The molecule has 4 heterocycles. The Morgan fingerprint density at radius 3 is 2.82 bits per heavy atom. The fourth-order valence-corrected chi connectivity index (χ4v) is 3.84. The molecular weight excluding hydrogens is 378 g/mol. The second-order valence-electron chi connectivity index (χ2n) is 6.62. The van der Waals surface area contributed by atoms with Gasteiger partial charge in [0.15, 0.2) is 5.56 Å². The van der Waals surface area contributed by atoms with Crippen LogP contribution >= 0.6 is 11.3 Å². The van der Waals surface area contributed by atoms with E-state index in [1.54, 1.807) is 17.5 Å². The third kappa shape index (κ3) is 3.38. The largest absolute Gasteiger partial charge is 0.480 e. The molecule has 1 N–H and O–H groups in total. The number of aryl methyl sites for hydroxylation is 2. The number of nitrogens with zero attached hydrogens (tertiary/aromatic N) is 6. The maximum absolute atomic E-state index is 12.9. The van der Waals surface area contributed by atoms with Crippen molar-refractivity contribution >= 4 is 17.0 Å². The zero-order valence-electron chi connectivity index (χ0n) is 15.7. The maximum Gasteiger partial charge on any atom is 0.273 e. The molecule has 10 heteroatoms. The minimum Gasteiger partial charge on any atom is -0.480 e. The lowest BCUT2D eigenvalue weighted by atomic mass is 10.1. The number of thiazole rings is 1. The van der Waals surface area contributed by atoms with Crippen LogP contribution in [0.2, 0.25) is 0 Å². The Bertz CT molecular complexity index is 1160. The van der Waals surface area contributed by atoms with Crippen molar-refractivity contribution in [3.63, 3.8) is 0 Å². The molecule has 0 aliphatic heterocycles. The number of H-pyrrole nitrogens is 1. The Labute approximate surface area is 164 Å². The third-order valence-corrected chi connectivity index (χ3v) is 5.34. The fraction of sp³-hybridized carbons (Fsp3) is 0.333. The molecule has 0 fully saturated rings. The summed E-state index contributed by atoms with van der Waals surface area (Å²) in [4.78, 5) is 22.0. The zero-order chi connectivity index (χ0) is 19.7. The summed E-state index contributed by atoms with van der Waals surface area (Å²) in [7, 11) is 1.46. The van der Waals surface area contributed by atoms with Crippen LogP contribution in [0.5, 0.6) is 5.88 Å². The van der Waals surface area contributed by atoms with Crippen molar-refractivity contribution in [1.29, 1.82) is 0 Å². The number of pyridine rings is 1. The molecule has 0 unspecified atom stereocenters. The standard InChI is InChI=1S/C18H19N7O2S/c1-10(2)12-9-28-14(19-12)5-4-11-6-7-25-13(8-11)20-17(27-3)15(18(25)26)16-21-23-24-22-16/h6-10H,4-5H2,1-3H3,(H,21,22,23,24). The normalized spacial score (nSPS) is 11.4. The van der Waals surface area contributed by atoms with E-state index in [1.165, 1.54) is 11.5 Å². The second kappa shape index (κ2) is 7.47. The second-order valence-corrected chi connectivity index (χ2v) is 7.56. The Kier molecular flexibility index (Phi) is 4.86. The predicted octanol–water partition coefficient (Wildman–Crippen LogP) is 2.25. The number of hydrogen-bond donors (Lipinski definition) is 1. The highest BCUT2D eigenvalue weighted by Crippen LogP contribution is 2.22. The van der Waals surface area contributed by atoms with Crippen molar-refractivity contribution in [3.05, 3.63) is 50.3 Å². The predicted molar refractivity (Wildman–Crippen MR) is 105 cm³/mol. The average Bonchev–Trinajstić information content (AvgIpc) is 3.38. The van der Waals surface area contributed by atoms with Crippen LogP contribution in [-0.2, 0) is 12.8 Å². The maximum atomic E-state index is 12.9. The summed E-state index contributed by atoms with van der Waals surface area (Å²) in [6, 6.07) is 3.81. The quantitative estimate of drug-likeness (QED) is 0.531. The smallest absolute Gasteiger partial charge is 0.273 e. The molecule has 0 aromatic carbocycles. The van der Waals surface area contributed by atoms with Gasteiger partial charge in [0.25, 0.3) is 5.56 Å². The van der Waals surface area contributed by atoms with Gasteiger partial charge in [-0.3, -0.25) is 9.20 Å². The van der Waals surface area contributed by atoms with E-state index in [1.807, 2.05) is 12.1 Å². The van der Waals surface area contributed by atoms with Crippen LogP contribution in [0, 0.1) is 0 Å². The van der Waals surface area contributed by atoms with E-state index in [4.69, 9.17) is 4.74 Å². The molecule has 0 spiro atoms. The van der Waals surface area contributed by atoms with E-state index in [9.17, 15) is 4.79 Å². The first-order valence-electron chi connectivity index (χ1n) is 8.84. The van der Waals surface area contributed by atoms with E-state index in [-0.39, 0.29) is 22.8 Å². The van der Waals surface area contributed by atoms with Gasteiger partial charge >= 0.3 is 0 Å². The Morgan fingerprint density at radius 2 is 2.14 bits per heavy atom. The molecule has 4 rings (SSSR count). The van der Waals surface area contributed by atoms with Crippen molar-refractivity contribution in [1.82, 2.24) is 35.0 Å². The summed E-state index contributed by atoms with van der Waals surface area (Å²) >= 11 is 1.68. The number of ether oxygens (including phenoxy) is 1. The monoisotopic (exact) mass is 397 g/mol. The number of fused-ring (bicyclic) bond motifs is 1.